The van der Waals surface area contributed by atoms with Crippen molar-refractivity contribution in [3.63, 3.8) is 0 Å². The fourth-order valence-electron chi connectivity index (χ4n) is 4.57. The van der Waals surface area contributed by atoms with Crippen molar-refractivity contribution in [2.75, 3.05) is 22.1 Å². The van der Waals surface area contributed by atoms with Crippen LogP contribution < -0.4 is 25.8 Å². The summed E-state index contributed by atoms with van der Waals surface area (Å²) < 4.78 is 5.41. The van der Waals surface area contributed by atoms with E-state index in [0.717, 1.165) is 19.3 Å². The Balaban J connectivity index is 1.62. The molecule has 170 valence electrons. The lowest BCUT2D eigenvalue weighted by Crippen LogP contribution is -2.46. The van der Waals surface area contributed by atoms with Crippen LogP contribution in [0.2, 0.25) is 0 Å². The molecule has 4 rings (SSSR count). The van der Waals surface area contributed by atoms with Crippen molar-refractivity contribution in [1.82, 2.24) is 9.97 Å². The molecule has 1 aromatic carbocycles. The van der Waals surface area contributed by atoms with E-state index in [9.17, 15) is 14.4 Å². The molecule has 9 heteroatoms. The maximum Gasteiger partial charge on any atom is 0.258 e. The number of aromatic nitrogens is 2. The van der Waals surface area contributed by atoms with Gasteiger partial charge in [-0.25, -0.2) is 0 Å². The highest BCUT2D eigenvalue weighted by Gasteiger charge is 2.36. The van der Waals surface area contributed by atoms with Crippen molar-refractivity contribution in [2.24, 2.45) is 0 Å². The lowest BCUT2D eigenvalue weighted by molar-refractivity contribution is -0.123. The van der Waals surface area contributed by atoms with Gasteiger partial charge in [-0.1, -0.05) is 0 Å². The summed E-state index contributed by atoms with van der Waals surface area (Å²) in [5.41, 5.74) is 0.346. The van der Waals surface area contributed by atoms with E-state index < -0.39 is 17.4 Å². The van der Waals surface area contributed by atoms with Gasteiger partial charge in [-0.2, -0.15) is 4.98 Å². The predicted molar refractivity (Wildman–Crippen MR) is 122 cm³/mol. The minimum absolute atomic E-state index is 0.115. The first-order valence-corrected chi connectivity index (χ1v) is 11.1. The van der Waals surface area contributed by atoms with E-state index in [4.69, 9.17) is 4.74 Å². The zero-order valence-electron chi connectivity index (χ0n) is 18.6. The third kappa shape index (κ3) is 4.32. The summed E-state index contributed by atoms with van der Waals surface area (Å²) in [5, 5.41) is 5.48. The van der Waals surface area contributed by atoms with Crippen LogP contribution in [0.15, 0.2) is 29.1 Å². The highest BCUT2D eigenvalue weighted by atomic mass is 16.5. The molecule has 3 N–H and O–H groups in total. The van der Waals surface area contributed by atoms with Crippen LogP contribution in [0.25, 0.3) is 0 Å². The van der Waals surface area contributed by atoms with Crippen molar-refractivity contribution < 1.29 is 14.3 Å². The van der Waals surface area contributed by atoms with Gasteiger partial charge in [-0.3, -0.25) is 19.4 Å². The molecule has 0 unspecified atom stereocenters. The Hall–Kier alpha value is -3.36. The molecule has 0 aliphatic carbocycles. The van der Waals surface area contributed by atoms with Crippen LogP contribution in [0.4, 0.5) is 17.5 Å². The summed E-state index contributed by atoms with van der Waals surface area (Å²) in [5.74, 6) is -0.398. The van der Waals surface area contributed by atoms with Gasteiger partial charge in [-0.05, 0) is 64.3 Å². The molecule has 2 amide bonds. The Labute approximate surface area is 186 Å². The average molecular weight is 440 g/mol. The Morgan fingerprint density at radius 3 is 2.53 bits per heavy atom. The third-order valence-corrected chi connectivity index (χ3v) is 6.13. The minimum Gasteiger partial charge on any atom is -0.494 e. The summed E-state index contributed by atoms with van der Waals surface area (Å²) in [7, 11) is 0. The first kappa shape index (κ1) is 21.9. The van der Waals surface area contributed by atoms with E-state index in [-0.39, 0.29) is 35.8 Å². The van der Waals surface area contributed by atoms with Crippen molar-refractivity contribution >= 4 is 29.3 Å². The Morgan fingerprint density at radius 1 is 1.19 bits per heavy atom. The molecule has 2 aromatic rings. The second kappa shape index (κ2) is 9.02. The fourth-order valence-corrected chi connectivity index (χ4v) is 4.57. The summed E-state index contributed by atoms with van der Waals surface area (Å²) in [6.07, 6.45) is 3.02. The summed E-state index contributed by atoms with van der Waals surface area (Å²) in [4.78, 5) is 48.0. The number of carbonyl (C=O) groups excluding carboxylic acids is 2. The molecule has 0 saturated carbocycles. The molecule has 0 spiro atoms. The molecule has 32 heavy (non-hydrogen) atoms. The summed E-state index contributed by atoms with van der Waals surface area (Å²) in [6.45, 7) is 6.64. The van der Waals surface area contributed by atoms with Crippen LogP contribution in [0.5, 0.6) is 5.75 Å². The minimum atomic E-state index is -0.924. The molecule has 2 aliphatic heterocycles. The smallest absolute Gasteiger partial charge is 0.258 e. The zero-order chi connectivity index (χ0) is 22.8. The standard InChI is InChI=1S/C23H29N5O4/c1-4-32-16-10-8-15(9-11-16)24-21(30)17-12-18(29)25-20-19(17)22(31)27-23(26-20)28-13(2)6-5-7-14(28)3/h8-11,13-14,17H,4-7,12H2,1-3H3,(H,24,30)(H2,25,26,27,29,31)/t13-,14+,17-/m0/s1. The Morgan fingerprint density at radius 2 is 1.88 bits per heavy atom. The molecular formula is C23H29N5O4. The first-order chi connectivity index (χ1) is 15.4. The van der Waals surface area contributed by atoms with Crippen molar-refractivity contribution in [3.05, 3.63) is 40.2 Å². The molecule has 0 bridgehead atoms. The van der Waals surface area contributed by atoms with Gasteiger partial charge in [-0.15, -0.1) is 0 Å². The molecular weight excluding hydrogens is 410 g/mol. The van der Waals surface area contributed by atoms with E-state index in [1.165, 1.54) is 0 Å². The molecule has 1 fully saturated rings. The van der Waals surface area contributed by atoms with E-state index >= 15 is 0 Å². The number of anilines is 3. The largest absolute Gasteiger partial charge is 0.494 e. The van der Waals surface area contributed by atoms with Crippen LogP contribution in [-0.2, 0) is 9.59 Å². The second-order valence-electron chi connectivity index (χ2n) is 8.44. The maximum atomic E-state index is 13.1. The van der Waals surface area contributed by atoms with Gasteiger partial charge in [0.15, 0.2) is 0 Å². The van der Waals surface area contributed by atoms with Gasteiger partial charge in [0, 0.05) is 24.2 Å². The van der Waals surface area contributed by atoms with E-state index in [1.54, 1.807) is 24.3 Å². The Kier molecular flexibility index (Phi) is 6.16. The number of hydrogen-bond donors (Lipinski definition) is 3. The Bertz CT molecular complexity index is 1060. The molecule has 9 nitrogen and oxygen atoms in total. The molecule has 0 radical (unpaired) electrons. The number of carbonyl (C=O) groups is 2. The number of nitrogens with one attached hydrogen (secondary N) is 3. The van der Waals surface area contributed by atoms with Crippen LogP contribution in [0.1, 0.15) is 57.9 Å². The maximum absolute atomic E-state index is 13.1. The lowest BCUT2D eigenvalue weighted by atomic mass is 9.92. The van der Waals surface area contributed by atoms with Gasteiger partial charge in [0.25, 0.3) is 5.56 Å². The number of aromatic amines is 1. The topological polar surface area (TPSA) is 116 Å². The van der Waals surface area contributed by atoms with Crippen LogP contribution in [-0.4, -0.2) is 40.5 Å². The molecule has 3 atom stereocenters. The van der Waals surface area contributed by atoms with Gasteiger partial charge in [0.2, 0.25) is 17.8 Å². The van der Waals surface area contributed by atoms with Crippen molar-refractivity contribution in [3.8, 4) is 5.75 Å². The number of amides is 2. The summed E-state index contributed by atoms with van der Waals surface area (Å²) in [6, 6.07) is 7.38. The number of piperidine rings is 1. The number of hydrogen-bond acceptors (Lipinski definition) is 6. The highest BCUT2D eigenvalue weighted by molar-refractivity contribution is 6.04. The van der Waals surface area contributed by atoms with Crippen molar-refractivity contribution in [1.29, 1.82) is 0 Å². The molecule has 1 saturated heterocycles. The van der Waals surface area contributed by atoms with Gasteiger partial charge >= 0.3 is 0 Å². The van der Waals surface area contributed by atoms with Crippen molar-refractivity contribution in [2.45, 2.75) is 64.5 Å². The molecule has 2 aliphatic rings. The van der Waals surface area contributed by atoms with E-state index in [1.807, 2.05) is 6.92 Å². The average Bonchev–Trinajstić information content (AvgIpc) is 2.74. The number of ether oxygens (including phenoxy) is 1. The predicted octanol–water partition coefficient (Wildman–Crippen LogP) is 3.00. The number of H-pyrrole nitrogens is 1. The van der Waals surface area contributed by atoms with Crippen LogP contribution in [0.3, 0.4) is 0 Å². The van der Waals surface area contributed by atoms with Gasteiger partial charge in [0.1, 0.15) is 11.6 Å². The van der Waals surface area contributed by atoms with E-state index in [0.29, 0.717) is 24.0 Å². The fraction of sp³-hybridized carbons (Fsp3) is 0.478. The van der Waals surface area contributed by atoms with E-state index in [2.05, 4.69) is 39.3 Å². The second-order valence-corrected chi connectivity index (χ2v) is 8.44. The monoisotopic (exact) mass is 439 g/mol. The summed E-state index contributed by atoms with van der Waals surface area (Å²) >= 11 is 0. The van der Waals surface area contributed by atoms with Gasteiger partial charge < -0.3 is 20.3 Å². The third-order valence-electron chi connectivity index (χ3n) is 6.13. The quantitative estimate of drug-likeness (QED) is 0.659. The number of benzene rings is 1. The first-order valence-electron chi connectivity index (χ1n) is 11.1. The molecule has 1 aromatic heterocycles. The molecule has 3 heterocycles. The van der Waals surface area contributed by atoms with Crippen LogP contribution in [0, 0.1) is 0 Å². The number of nitrogens with zero attached hydrogens (tertiary/aromatic N) is 2. The number of rotatable bonds is 5. The SMILES string of the molecule is CCOc1ccc(NC(=O)[C@H]2CC(=O)Nc3nc(N4[C@H](C)CCC[C@@H]4C)[nH]c(=O)c32)cc1. The number of fused-ring (bicyclic) bond motifs is 1. The van der Waals surface area contributed by atoms with Crippen LogP contribution >= 0.6 is 0 Å². The van der Waals surface area contributed by atoms with Gasteiger partial charge in [0.05, 0.1) is 18.1 Å². The normalized spacial score (nSPS) is 22.7. The lowest BCUT2D eigenvalue weighted by Gasteiger charge is -2.39. The highest BCUT2D eigenvalue weighted by Crippen LogP contribution is 2.32. The zero-order valence-corrected chi connectivity index (χ0v) is 18.6.